The Bertz CT molecular complexity index is 1140. The van der Waals surface area contributed by atoms with Crippen LogP contribution in [0.2, 0.25) is 0 Å². The van der Waals surface area contributed by atoms with Crippen LogP contribution in [0.15, 0.2) is 42.5 Å². The summed E-state index contributed by atoms with van der Waals surface area (Å²) in [5.41, 5.74) is 3.34. The van der Waals surface area contributed by atoms with Crippen molar-refractivity contribution in [2.45, 2.75) is 52.5 Å². The molecule has 1 aliphatic heterocycles. The third-order valence-electron chi connectivity index (χ3n) is 6.08. The minimum Gasteiger partial charge on any atom is -0.507 e. The highest BCUT2D eigenvalue weighted by atomic mass is 16.5. The zero-order valence-electron chi connectivity index (χ0n) is 20.1. The van der Waals surface area contributed by atoms with Crippen LogP contribution in [-0.2, 0) is 0 Å². The fourth-order valence-corrected chi connectivity index (χ4v) is 4.51. The second kappa shape index (κ2) is 10.6. The molecule has 0 spiro atoms. The Morgan fingerprint density at radius 2 is 1.85 bits per heavy atom. The molecular formula is C27H33N3O4. The number of amides is 1. The van der Waals surface area contributed by atoms with Gasteiger partial charge in [0.1, 0.15) is 17.1 Å². The van der Waals surface area contributed by atoms with Gasteiger partial charge in [-0.3, -0.25) is 9.89 Å². The molecule has 7 nitrogen and oxygen atoms in total. The average Bonchev–Trinajstić information content (AvgIpc) is 3.37. The first-order valence-corrected chi connectivity index (χ1v) is 12.2. The number of H-pyrrole nitrogens is 1. The number of phenols is 1. The lowest BCUT2D eigenvalue weighted by atomic mass is 9.95. The molecule has 0 fully saturated rings. The molecule has 180 valence electrons. The first-order chi connectivity index (χ1) is 16.6. The molecule has 1 aromatic heterocycles. The number of ether oxygens (including phenoxy) is 2. The number of fused-ring (bicyclic) bond motifs is 1. The normalized spacial score (nSPS) is 15.0. The maximum absolute atomic E-state index is 13.3. The zero-order valence-corrected chi connectivity index (χ0v) is 20.1. The number of nitrogens with one attached hydrogen (secondary N) is 1. The Hall–Kier alpha value is -3.48. The minimum absolute atomic E-state index is 0.0890. The Kier molecular flexibility index (Phi) is 7.40. The largest absolute Gasteiger partial charge is 0.507 e. The van der Waals surface area contributed by atoms with Gasteiger partial charge in [-0.25, -0.2) is 0 Å². The molecule has 1 unspecified atom stereocenters. The lowest BCUT2D eigenvalue weighted by molar-refractivity contribution is 0.0743. The molecule has 34 heavy (non-hydrogen) atoms. The maximum Gasteiger partial charge on any atom is 0.273 e. The quantitative estimate of drug-likeness (QED) is 0.356. The molecule has 1 aliphatic rings. The summed E-state index contributed by atoms with van der Waals surface area (Å²) in [4.78, 5) is 15.2. The molecule has 2 heterocycles. The van der Waals surface area contributed by atoms with E-state index in [0.29, 0.717) is 48.2 Å². The average molecular weight is 464 g/mol. The molecule has 0 saturated carbocycles. The van der Waals surface area contributed by atoms with Gasteiger partial charge >= 0.3 is 0 Å². The van der Waals surface area contributed by atoms with E-state index in [1.807, 2.05) is 42.2 Å². The van der Waals surface area contributed by atoms with Crippen LogP contribution in [0.4, 0.5) is 0 Å². The Morgan fingerprint density at radius 1 is 1.03 bits per heavy atom. The molecule has 4 rings (SSSR count). The van der Waals surface area contributed by atoms with Crippen molar-refractivity contribution in [3.63, 3.8) is 0 Å². The van der Waals surface area contributed by atoms with Crippen LogP contribution in [0.25, 0.3) is 11.3 Å². The highest BCUT2D eigenvalue weighted by Crippen LogP contribution is 2.45. The molecule has 0 bridgehead atoms. The molecule has 2 aromatic carbocycles. The second-order valence-corrected chi connectivity index (χ2v) is 8.47. The number of unbranched alkanes of at least 4 members (excludes halogenated alkanes) is 2. The van der Waals surface area contributed by atoms with Gasteiger partial charge in [-0.1, -0.05) is 44.9 Å². The van der Waals surface area contributed by atoms with Crippen molar-refractivity contribution in [2.75, 3.05) is 19.8 Å². The van der Waals surface area contributed by atoms with Crippen molar-refractivity contribution in [3.05, 3.63) is 59.3 Å². The van der Waals surface area contributed by atoms with Crippen LogP contribution in [0.5, 0.6) is 17.2 Å². The third kappa shape index (κ3) is 4.47. The summed E-state index contributed by atoms with van der Waals surface area (Å²) in [6, 6.07) is 12.6. The maximum atomic E-state index is 13.3. The van der Waals surface area contributed by atoms with Gasteiger partial charge in [-0.05, 0) is 49.6 Å². The number of aromatic nitrogens is 2. The molecule has 3 aromatic rings. The summed E-state index contributed by atoms with van der Waals surface area (Å²) in [5, 5.41) is 17.9. The monoisotopic (exact) mass is 463 g/mol. The van der Waals surface area contributed by atoms with E-state index in [9.17, 15) is 9.90 Å². The van der Waals surface area contributed by atoms with Crippen molar-refractivity contribution in [3.8, 4) is 28.5 Å². The van der Waals surface area contributed by atoms with Crippen LogP contribution in [0.3, 0.4) is 0 Å². The van der Waals surface area contributed by atoms with Crippen LogP contribution < -0.4 is 9.47 Å². The number of aromatic amines is 1. The lowest BCUT2D eigenvalue weighted by Crippen LogP contribution is -2.30. The predicted octanol–water partition coefficient (Wildman–Crippen LogP) is 5.71. The van der Waals surface area contributed by atoms with Crippen molar-refractivity contribution in [2.24, 2.45) is 0 Å². The fraction of sp³-hybridized carbons (Fsp3) is 0.407. The van der Waals surface area contributed by atoms with Crippen LogP contribution in [0, 0.1) is 0 Å². The van der Waals surface area contributed by atoms with Gasteiger partial charge in [0.05, 0.1) is 19.3 Å². The standard InChI is InChI=1S/C27H33N3O4/c1-4-7-10-16-34-21-14-13-18(17-22(21)33-6-3)26-23-24(19-11-8-9-12-20(19)31)28-29-25(23)27(32)30(26)15-5-2/h8-9,11-14,17,26,31H,4-7,10,15-16H2,1-3H3,(H,28,29). The van der Waals surface area contributed by atoms with Gasteiger partial charge in [0, 0.05) is 17.7 Å². The van der Waals surface area contributed by atoms with Gasteiger partial charge in [0.2, 0.25) is 0 Å². The van der Waals surface area contributed by atoms with Gasteiger partial charge in [0.25, 0.3) is 5.91 Å². The number of nitrogens with zero attached hydrogens (tertiary/aromatic N) is 2. The Labute approximate surface area is 200 Å². The van der Waals surface area contributed by atoms with E-state index in [-0.39, 0.29) is 17.7 Å². The van der Waals surface area contributed by atoms with Crippen LogP contribution in [-0.4, -0.2) is 45.9 Å². The molecule has 1 atom stereocenters. The zero-order chi connectivity index (χ0) is 24.1. The number of hydrogen-bond acceptors (Lipinski definition) is 5. The summed E-state index contributed by atoms with van der Waals surface area (Å²) >= 11 is 0. The number of carbonyl (C=O) groups excluding carboxylic acids is 1. The SMILES string of the molecule is CCCCCOc1ccc(C2c3c(-c4ccccc4O)n[nH]c3C(=O)N2CCC)cc1OCC. The fourth-order valence-electron chi connectivity index (χ4n) is 4.51. The van der Waals surface area contributed by atoms with E-state index in [2.05, 4.69) is 24.0 Å². The van der Waals surface area contributed by atoms with Crippen molar-refractivity contribution >= 4 is 5.91 Å². The van der Waals surface area contributed by atoms with Gasteiger partial charge < -0.3 is 19.5 Å². The van der Waals surface area contributed by atoms with E-state index < -0.39 is 0 Å². The van der Waals surface area contributed by atoms with Crippen LogP contribution >= 0.6 is 0 Å². The Morgan fingerprint density at radius 3 is 2.59 bits per heavy atom. The highest BCUT2D eigenvalue weighted by molar-refractivity contribution is 6.00. The number of carbonyl (C=O) groups is 1. The number of para-hydroxylation sites is 1. The number of rotatable bonds is 11. The van der Waals surface area contributed by atoms with E-state index in [0.717, 1.165) is 36.8 Å². The molecule has 0 saturated heterocycles. The van der Waals surface area contributed by atoms with Crippen molar-refractivity contribution in [1.29, 1.82) is 0 Å². The molecule has 7 heteroatoms. The number of phenolic OH excluding ortho intramolecular Hbond substituents is 1. The summed E-state index contributed by atoms with van der Waals surface area (Å²) in [7, 11) is 0. The molecule has 0 aliphatic carbocycles. The summed E-state index contributed by atoms with van der Waals surface area (Å²) in [6.45, 7) is 7.92. The highest BCUT2D eigenvalue weighted by Gasteiger charge is 2.42. The first-order valence-electron chi connectivity index (χ1n) is 12.2. The number of aromatic hydroxyl groups is 1. The molecule has 1 amide bonds. The summed E-state index contributed by atoms with van der Waals surface area (Å²) in [5.74, 6) is 1.42. The summed E-state index contributed by atoms with van der Waals surface area (Å²) < 4.78 is 11.9. The smallest absolute Gasteiger partial charge is 0.273 e. The van der Waals surface area contributed by atoms with Crippen molar-refractivity contribution in [1.82, 2.24) is 15.1 Å². The predicted molar refractivity (Wildman–Crippen MR) is 131 cm³/mol. The minimum atomic E-state index is -0.343. The van der Waals surface area contributed by atoms with E-state index in [1.165, 1.54) is 0 Å². The third-order valence-corrected chi connectivity index (χ3v) is 6.08. The summed E-state index contributed by atoms with van der Waals surface area (Å²) in [6.07, 6.45) is 4.07. The van der Waals surface area contributed by atoms with Gasteiger partial charge in [-0.2, -0.15) is 5.10 Å². The van der Waals surface area contributed by atoms with Crippen LogP contribution in [0.1, 0.15) is 74.1 Å². The molecule has 0 radical (unpaired) electrons. The number of hydrogen-bond donors (Lipinski definition) is 2. The van der Waals surface area contributed by atoms with E-state index in [4.69, 9.17) is 9.47 Å². The number of benzene rings is 2. The molecular weight excluding hydrogens is 430 g/mol. The second-order valence-electron chi connectivity index (χ2n) is 8.47. The van der Waals surface area contributed by atoms with E-state index in [1.54, 1.807) is 12.1 Å². The van der Waals surface area contributed by atoms with E-state index >= 15 is 0 Å². The van der Waals surface area contributed by atoms with Gasteiger partial charge in [0.15, 0.2) is 11.5 Å². The Balaban J connectivity index is 1.77. The first kappa shape index (κ1) is 23.7. The molecule has 2 N–H and O–H groups in total. The lowest BCUT2D eigenvalue weighted by Gasteiger charge is -2.26. The topological polar surface area (TPSA) is 87.7 Å². The van der Waals surface area contributed by atoms with Gasteiger partial charge in [-0.15, -0.1) is 0 Å². The van der Waals surface area contributed by atoms with Crippen molar-refractivity contribution < 1.29 is 19.4 Å².